The highest BCUT2D eigenvalue weighted by Gasteiger charge is 2.56. The number of rotatable bonds is 23. The van der Waals surface area contributed by atoms with Crippen molar-refractivity contribution in [3.05, 3.63) is 222 Å². The van der Waals surface area contributed by atoms with Crippen LogP contribution in [-0.2, 0) is 37.9 Å². The normalized spacial score (nSPS) is 24.0. The predicted molar refractivity (Wildman–Crippen MR) is 363 cm³/mol. The van der Waals surface area contributed by atoms with E-state index in [1.54, 1.807) is 93.5 Å². The number of hydrogen-bond donors (Lipinski definition) is 0. The Morgan fingerprint density at radius 1 is 0.469 bits per heavy atom. The Kier molecular flexibility index (Phi) is 21.3. The van der Waals surface area contributed by atoms with E-state index in [9.17, 15) is 8.78 Å². The molecule has 8 heterocycles. The molecule has 0 saturated carbocycles. The molecule has 0 amide bonds. The van der Waals surface area contributed by atoms with Crippen LogP contribution in [0.15, 0.2) is 146 Å². The molecule has 0 spiro atoms. The largest absolute Gasteiger partial charge is 0.373 e. The predicted octanol–water partition coefficient (Wildman–Crippen LogP) is 16.4. The first-order valence-electron chi connectivity index (χ1n) is 32.4. The third-order valence-electron chi connectivity index (χ3n) is 17.8. The summed E-state index contributed by atoms with van der Waals surface area (Å²) in [6.07, 6.45) is 2.94. The van der Waals surface area contributed by atoms with E-state index in [1.807, 2.05) is 60.7 Å². The Balaban J connectivity index is 0.673. The topological polar surface area (TPSA) is 197 Å². The van der Waals surface area contributed by atoms with Crippen molar-refractivity contribution in [2.45, 2.75) is 139 Å². The van der Waals surface area contributed by atoms with Gasteiger partial charge in [-0.1, -0.05) is 191 Å². The Hall–Kier alpha value is -6.84. The Morgan fingerprint density at radius 2 is 0.867 bits per heavy atom. The van der Waals surface area contributed by atoms with Gasteiger partial charge in [-0.15, -0.1) is 10.2 Å². The average Bonchev–Trinajstić information content (AvgIpc) is 1.41. The van der Waals surface area contributed by atoms with E-state index in [0.717, 1.165) is 49.7 Å². The van der Waals surface area contributed by atoms with Crippen LogP contribution in [0.3, 0.4) is 0 Å². The Bertz CT molecular complexity index is 4130. The number of unbranched alkanes of at least 4 members (excludes halogenated alkanes) is 7. The van der Waals surface area contributed by atoms with E-state index in [1.165, 1.54) is 24.3 Å². The first-order valence-corrected chi connectivity index (χ1v) is 34.7. The summed E-state index contributed by atoms with van der Waals surface area (Å²) >= 11 is 39.2. The summed E-state index contributed by atoms with van der Waals surface area (Å²) in [4.78, 5) is 9.92. The Labute approximate surface area is 593 Å². The quantitative estimate of drug-likeness (QED) is 0.0548. The lowest BCUT2D eigenvalue weighted by Crippen LogP contribution is -2.57. The van der Waals surface area contributed by atoms with Crippen LogP contribution in [0.25, 0.3) is 33.9 Å². The monoisotopic (exact) mass is 1450 g/mol. The number of ether oxygens (including phenoxy) is 8. The van der Waals surface area contributed by atoms with Gasteiger partial charge in [-0.25, -0.2) is 37.5 Å². The van der Waals surface area contributed by atoms with Crippen molar-refractivity contribution in [2.75, 3.05) is 26.4 Å². The molecule has 14 rings (SSSR count). The van der Waals surface area contributed by atoms with Crippen molar-refractivity contribution in [3.63, 3.8) is 0 Å². The second kappa shape index (κ2) is 30.6. The van der Waals surface area contributed by atoms with Crippen LogP contribution >= 0.6 is 69.6 Å². The van der Waals surface area contributed by atoms with Crippen LogP contribution < -0.4 is 0 Å². The van der Waals surface area contributed by atoms with Gasteiger partial charge in [-0.3, -0.25) is 0 Å². The molecule has 0 bridgehead atoms. The molecule has 0 radical (unpaired) electrons. The molecule has 4 saturated heterocycles. The molecular formula is C70H66Cl6F2N12O8. The standard InChI is InChI=1S/C70H66Cl6F2N12O8/c1-39-79-67(89(83-39)55-33-45(71)23-27-49(55)75)65-63(59(87-35-53(81-85-87)43-21-25-47(73)51(77)31-43)61-57(95-65)37-93-69(97-61)41-17-11-9-12-18-41)91-29-15-7-5-3-4-6-8-16-30-92-64-60(88-36-54(82-86-88)44-22-26-48(74)52(78)32-44)62-58(38-94-70(98-62)42-19-13-10-14-20-42)96-66(64)68-80-40(2)84-90(68)56-34-46(72)24-28-50(56)76/h9-14,17-28,31-36,57-66,69-70H,3-8,15-16,29-30,37-38H2,1-2H3. The van der Waals surface area contributed by atoms with E-state index < -0.39 is 85.1 Å². The number of aromatic nitrogens is 12. The molecule has 20 nitrogen and oxygen atoms in total. The molecule has 12 unspecified atom stereocenters. The first-order chi connectivity index (χ1) is 47.7. The maximum atomic E-state index is 15.0. The van der Waals surface area contributed by atoms with E-state index in [-0.39, 0.29) is 23.3 Å². The maximum Gasteiger partial charge on any atom is 0.184 e. The van der Waals surface area contributed by atoms with Crippen LogP contribution in [0, 0.1) is 25.5 Å². The second-order valence-corrected chi connectivity index (χ2v) is 27.0. The van der Waals surface area contributed by atoms with Crippen molar-refractivity contribution < 1.29 is 46.7 Å². The highest BCUT2D eigenvalue weighted by Crippen LogP contribution is 2.49. The number of hydrogen-bond acceptors (Lipinski definition) is 16. The first kappa shape index (κ1) is 68.3. The molecule has 0 N–H and O–H groups in total. The zero-order chi connectivity index (χ0) is 67.6. The van der Waals surface area contributed by atoms with E-state index in [4.69, 9.17) is 128 Å². The number of halogens is 8. The van der Waals surface area contributed by atoms with Crippen molar-refractivity contribution in [1.29, 1.82) is 0 Å². The van der Waals surface area contributed by atoms with Gasteiger partial charge in [0, 0.05) is 45.5 Å². The highest BCUT2D eigenvalue weighted by atomic mass is 35.5. The highest BCUT2D eigenvalue weighted by molar-refractivity contribution is 6.35. The SMILES string of the molecule is Cc1nc(C2OC3COC(c4ccccc4)OC3C(n3cc(-c4ccc(Cl)c(F)c4)nn3)C2OCCCCCCCCCCOC2C(c3nc(C)nn3-c3cc(Cl)ccc3Cl)OC3COC(c4ccccc4)OC3C2n2cc(-c3ccc(Cl)c(F)c3)nn2)n(-c2cc(Cl)ccc2Cl)n1. The number of aryl methyl sites for hydroxylation is 2. The lowest BCUT2D eigenvalue weighted by molar-refractivity contribution is -0.323. The van der Waals surface area contributed by atoms with E-state index in [2.05, 4.69) is 20.6 Å². The van der Waals surface area contributed by atoms with Crippen molar-refractivity contribution in [2.24, 2.45) is 0 Å². The van der Waals surface area contributed by atoms with Crippen LogP contribution in [0.1, 0.15) is 123 Å². The van der Waals surface area contributed by atoms with Crippen molar-refractivity contribution >= 4 is 69.6 Å². The Morgan fingerprint density at radius 3 is 1.28 bits per heavy atom. The molecule has 4 aromatic heterocycles. The fourth-order valence-electron chi connectivity index (χ4n) is 13.2. The number of fused-ring (bicyclic) bond motifs is 2. The fraction of sp³-hybridized carbons (Fsp3) is 0.371. The zero-order valence-corrected chi connectivity index (χ0v) is 57.5. The molecule has 12 atom stereocenters. The van der Waals surface area contributed by atoms with Gasteiger partial charge in [0.25, 0.3) is 0 Å². The smallest absolute Gasteiger partial charge is 0.184 e. The molecule has 28 heteroatoms. The maximum absolute atomic E-state index is 15.0. The summed E-state index contributed by atoms with van der Waals surface area (Å²) in [6, 6.07) is 37.2. The van der Waals surface area contributed by atoms with Crippen molar-refractivity contribution in [1.82, 2.24) is 59.5 Å². The van der Waals surface area contributed by atoms with Gasteiger partial charge < -0.3 is 37.9 Å². The third-order valence-corrected chi connectivity index (χ3v) is 19.5. The van der Waals surface area contributed by atoms with Crippen LogP contribution in [0.4, 0.5) is 8.78 Å². The summed E-state index contributed by atoms with van der Waals surface area (Å²) in [5.74, 6) is 0.573. The van der Waals surface area contributed by atoms with Gasteiger partial charge in [0.2, 0.25) is 0 Å². The minimum absolute atomic E-state index is 0.0128. The number of nitrogens with zero attached hydrogens (tertiary/aromatic N) is 12. The summed E-state index contributed by atoms with van der Waals surface area (Å²) in [6.45, 7) is 4.55. The molecule has 10 aromatic rings. The van der Waals surface area contributed by atoms with Gasteiger partial charge >= 0.3 is 0 Å². The van der Waals surface area contributed by atoms with Gasteiger partial charge in [-0.2, -0.15) is 10.2 Å². The molecule has 4 aliphatic rings. The summed E-state index contributed by atoms with van der Waals surface area (Å²) in [5, 5.41) is 29.7. The molecule has 4 aliphatic heterocycles. The van der Waals surface area contributed by atoms with Crippen molar-refractivity contribution in [3.8, 4) is 33.9 Å². The van der Waals surface area contributed by atoms with Gasteiger partial charge in [-0.05, 0) is 87.4 Å². The molecule has 0 aliphatic carbocycles. The van der Waals surface area contributed by atoms with Gasteiger partial charge in [0.15, 0.2) is 24.2 Å². The van der Waals surface area contributed by atoms with E-state index >= 15 is 0 Å². The minimum atomic E-state index is -0.885. The lowest BCUT2D eigenvalue weighted by atomic mass is 9.90. The molecule has 4 fully saturated rings. The summed E-state index contributed by atoms with van der Waals surface area (Å²) < 4.78 is 91.5. The van der Waals surface area contributed by atoms with Crippen LogP contribution in [0.2, 0.25) is 30.1 Å². The van der Waals surface area contributed by atoms with E-state index in [0.29, 0.717) is 103 Å². The van der Waals surface area contributed by atoms with Crippen LogP contribution in [-0.4, -0.2) is 123 Å². The summed E-state index contributed by atoms with van der Waals surface area (Å²) in [7, 11) is 0. The molecular weight excluding hydrogens is 1390 g/mol. The van der Waals surface area contributed by atoms with Gasteiger partial charge in [0.1, 0.15) is 95.6 Å². The fourth-order valence-corrected chi connectivity index (χ4v) is 14.1. The van der Waals surface area contributed by atoms with Gasteiger partial charge in [0.05, 0.1) is 57.1 Å². The number of benzene rings is 6. The average molecular weight is 1450 g/mol. The molecule has 510 valence electrons. The lowest BCUT2D eigenvalue weighted by Gasteiger charge is -2.49. The zero-order valence-electron chi connectivity index (χ0n) is 52.9. The molecule has 98 heavy (non-hydrogen) atoms. The minimum Gasteiger partial charge on any atom is -0.373 e. The third kappa shape index (κ3) is 14.8. The second-order valence-electron chi connectivity index (χ2n) is 24.5. The molecule has 6 aromatic carbocycles. The summed E-state index contributed by atoms with van der Waals surface area (Å²) in [5.41, 5.74) is 4.42. The van der Waals surface area contributed by atoms with Crippen LogP contribution in [0.5, 0.6) is 0 Å².